The summed E-state index contributed by atoms with van der Waals surface area (Å²) in [7, 11) is 0. The van der Waals surface area contributed by atoms with Gasteiger partial charge in [0.15, 0.2) is 11.5 Å². The quantitative estimate of drug-likeness (QED) is 0.123. The smallest absolute Gasteiger partial charge is 0.410 e. The van der Waals surface area contributed by atoms with Crippen LogP contribution in [0.25, 0.3) is 0 Å². The Balaban J connectivity index is 1.17. The molecule has 3 aliphatic rings. The normalized spacial score (nSPS) is 21.7. The summed E-state index contributed by atoms with van der Waals surface area (Å²) in [6.45, 7) is 1.34. The summed E-state index contributed by atoms with van der Waals surface area (Å²) in [6, 6.07) is 16.1. The summed E-state index contributed by atoms with van der Waals surface area (Å²) in [6.07, 6.45) is 6.75. The first kappa shape index (κ1) is 38.1. The summed E-state index contributed by atoms with van der Waals surface area (Å²) in [5.41, 5.74) is 8.74. The molecule has 0 bridgehead atoms. The zero-order chi connectivity index (χ0) is 37.2. The number of nitrogens with zero attached hydrogens (tertiary/aromatic N) is 3. The van der Waals surface area contributed by atoms with Gasteiger partial charge in [0, 0.05) is 13.1 Å². The maximum atomic E-state index is 14.6. The average molecular weight is 744 g/mol. The first-order valence-electron chi connectivity index (χ1n) is 18.8. The first-order valence-corrected chi connectivity index (χ1v) is 19.7. The molecule has 0 spiro atoms. The summed E-state index contributed by atoms with van der Waals surface area (Å²) < 4.78 is 11.2. The summed E-state index contributed by atoms with van der Waals surface area (Å²) >= 11 is 1.02. The lowest BCUT2D eigenvalue weighted by molar-refractivity contribution is -0.147. The molecule has 2 aromatic carbocycles. The van der Waals surface area contributed by atoms with Crippen molar-refractivity contribution >= 4 is 41.0 Å². The molecule has 1 saturated carbocycles. The van der Waals surface area contributed by atoms with Crippen molar-refractivity contribution in [3.8, 4) is 0 Å². The minimum absolute atomic E-state index is 0.0180. The highest BCUT2D eigenvalue weighted by Gasteiger charge is 2.49. The van der Waals surface area contributed by atoms with Gasteiger partial charge in [0.1, 0.15) is 30.2 Å². The topological polar surface area (TPSA) is 161 Å². The number of benzene rings is 2. The van der Waals surface area contributed by atoms with Crippen LogP contribution in [0.4, 0.5) is 4.79 Å². The Bertz CT molecular complexity index is 1720. The molecule has 5 atom stereocenters. The van der Waals surface area contributed by atoms with Crippen LogP contribution in [0.2, 0.25) is 0 Å². The molecule has 2 aliphatic heterocycles. The number of hydrogen-bond acceptors (Lipinski definition) is 10. The fourth-order valence-corrected chi connectivity index (χ4v) is 8.80. The standard InChI is InChI=1S/C40H49N5O7S/c41-21-10-9-18-31(35(46)36-33(42-26-53-36)39(49)51-24-27-12-3-1-4-13-27)43-37(47)32-19-11-22-44(32)38(48)34-30-17-8-7-16-29(30)20-23-45(34)40(50)52-25-28-14-5-2-6-15-28/h1-6,12-15,26,29-32,34H,7-11,16-25,41H2,(H,43,47)/t29?,30?,31?,32-,34+/m0/s1. The Labute approximate surface area is 314 Å². The predicted molar refractivity (Wildman–Crippen MR) is 199 cm³/mol. The Morgan fingerprint density at radius 1 is 0.830 bits per heavy atom. The molecule has 282 valence electrons. The van der Waals surface area contributed by atoms with E-state index in [0.29, 0.717) is 57.7 Å². The van der Waals surface area contributed by atoms with E-state index in [2.05, 4.69) is 10.3 Å². The lowest BCUT2D eigenvalue weighted by Gasteiger charge is -2.47. The van der Waals surface area contributed by atoms with Crippen molar-refractivity contribution in [1.29, 1.82) is 0 Å². The number of aromatic nitrogens is 1. The number of piperidine rings is 1. The number of thiazole rings is 1. The molecule has 12 nitrogen and oxygen atoms in total. The molecule has 3 fully saturated rings. The van der Waals surface area contributed by atoms with Gasteiger partial charge in [-0.3, -0.25) is 19.3 Å². The van der Waals surface area contributed by atoms with Crippen LogP contribution in [-0.4, -0.2) is 82.2 Å². The van der Waals surface area contributed by atoms with Crippen LogP contribution in [-0.2, 0) is 32.3 Å². The maximum Gasteiger partial charge on any atom is 0.410 e. The van der Waals surface area contributed by atoms with Crippen LogP contribution in [0.5, 0.6) is 0 Å². The van der Waals surface area contributed by atoms with Crippen LogP contribution in [0.3, 0.4) is 0 Å². The second-order valence-corrected chi connectivity index (χ2v) is 15.0. The number of fused-ring (bicyclic) bond motifs is 1. The van der Waals surface area contributed by atoms with Gasteiger partial charge in [0.05, 0.1) is 11.6 Å². The highest BCUT2D eigenvalue weighted by atomic mass is 32.1. The summed E-state index contributed by atoms with van der Waals surface area (Å²) in [5, 5.41) is 2.94. The molecule has 0 radical (unpaired) electrons. The minimum atomic E-state index is -0.963. The van der Waals surface area contributed by atoms with Crippen LogP contribution in [0, 0.1) is 11.8 Å². The van der Waals surface area contributed by atoms with Crippen molar-refractivity contribution in [2.24, 2.45) is 17.6 Å². The molecule has 1 aromatic heterocycles. The second-order valence-electron chi connectivity index (χ2n) is 14.2. The van der Waals surface area contributed by atoms with E-state index < -0.39 is 41.9 Å². The van der Waals surface area contributed by atoms with Gasteiger partial charge < -0.3 is 25.4 Å². The van der Waals surface area contributed by atoms with Crippen LogP contribution in [0.15, 0.2) is 66.2 Å². The lowest BCUT2D eigenvalue weighted by Crippen LogP contribution is -2.61. The number of Topliss-reactive ketones (excluding diaryl/α,β-unsaturated/α-hetero) is 1. The van der Waals surface area contributed by atoms with Gasteiger partial charge in [0.25, 0.3) is 0 Å². The van der Waals surface area contributed by atoms with Gasteiger partial charge >= 0.3 is 12.1 Å². The van der Waals surface area contributed by atoms with E-state index in [0.717, 1.165) is 54.6 Å². The molecule has 13 heteroatoms. The number of amides is 3. The molecule has 53 heavy (non-hydrogen) atoms. The zero-order valence-electron chi connectivity index (χ0n) is 30.0. The number of ketones is 1. The zero-order valence-corrected chi connectivity index (χ0v) is 30.8. The Hall–Kier alpha value is -4.62. The van der Waals surface area contributed by atoms with Crippen LogP contribution >= 0.6 is 11.3 Å². The molecular weight excluding hydrogens is 695 g/mol. The third-order valence-electron chi connectivity index (χ3n) is 10.8. The third-order valence-corrected chi connectivity index (χ3v) is 11.6. The fraction of sp³-hybridized carbons (Fsp3) is 0.500. The van der Waals surface area contributed by atoms with Crippen molar-refractivity contribution < 1.29 is 33.4 Å². The lowest BCUT2D eigenvalue weighted by atomic mass is 9.70. The predicted octanol–water partition coefficient (Wildman–Crippen LogP) is 5.51. The van der Waals surface area contributed by atoms with Crippen molar-refractivity contribution in [1.82, 2.24) is 20.1 Å². The maximum absolute atomic E-state index is 14.6. The van der Waals surface area contributed by atoms with Gasteiger partial charge in [-0.15, -0.1) is 11.3 Å². The number of likely N-dealkylation sites (tertiary alicyclic amines) is 2. The van der Waals surface area contributed by atoms with Gasteiger partial charge in [0.2, 0.25) is 11.8 Å². The number of carbonyl (C=O) groups excluding carboxylic acids is 5. The molecule has 6 rings (SSSR count). The van der Waals surface area contributed by atoms with Gasteiger partial charge in [-0.1, -0.05) is 79.9 Å². The first-order chi connectivity index (χ1) is 25.9. The number of nitrogens with one attached hydrogen (secondary N) is 1. The van der Waals surface area contributed by atoms with Crippen LogP contribution < -0.4 is 11.1 Å². The molecule has 3 heterocycles. The largest absolute Gasteiger partial charge is 0.456 e. The Kier molecular flexibility index (Phi) is 13.2. The van der Waals surface area contributed by atoms with E-state index in [9.17, 15) is 24.0 Å². The number of nitrogens with two attached hydrogens (primary N) is 1. The SMILES string of the molecule is NCCCCC(NC(=O)[C@@H]1CCCN1C(=O)[C@H]1C2CCCCC2CCN1C(=O)OCc1ccccc1)C(=O)c1scnc1C(=O)OCc1ccccc1. The van der Waals surface area contributed by atoms with Crippen molar-refractivity contribution in [3.05, 3.63) is 87.9 Å². The van der Waals surface area contributed by atoms with Crippen molar-refractivity contribution in [3.63, 3.8) is 0 Å². The number of unbranched alkanes of at least 4 members (excludes halogenated alkanes) is 1. The highest BCUT2D eigenvalue weighted by molar-refractivity contribution is 7.12. The van der Waals surface area contributed by atoms with E-state index in [1.807, 2.05) is 60.7 Å². The van der Waals surface area contributed by atoms with Gasteiger partial charge in [-0.05, 0) is 74.5 Å². The molecular formula is C40H49N5O7S. The van der Waals surface area contributed by atoms with Gasteiger partial charge in [-0.25, -0.2) is 14.6 Å². The van der Waals surface area contributed by atoms with E-state index in [1.165, 1.54) is 5.51 Å². The fourth-order valence-electron chi connectivity index (χ4n) is 8.03. The monoisotopic (exact) mass is 743 g/mol. The number of rotatable bonds is 14. The number of ether oxygens (including phenoxy) is 2. The second kappa shape index (κ2) is 18.4. The van der Waals surface area contributed by atoms with E-state index in [4.69, 9.17) is 15.2 Å². The number of esters is 1. The third kappa shape index (κ3) is 9.31. The number of carbonyl (C=O) groups is 5. The molecule has 1 aliphatic carbocycles. The van der Waals surface area contributed by atoms with E-state index in [-0.39, 0.29) is 35.6 Å². The molecule has 3 amide bonds. The minimum Gasteiger partial charge on any atom is -0.456 e. The van der Waals surface area contributed by atoms with Gasteiger partial charge in [-0.2, -0.15) is 0 Å². The molecule has 2 saturated heterocycles. The number of hydrogen-bond donors (Lipinski definition) is 2. The van der Waals surface area contributed by atoms with Crippen molar-refractivity contribution in [2.45, 2.75) is 95.5 Å². The molecule has 3 N–H and O–H groups in total. The van der Waals surface area contributed by atoms with Crippen molar-refractivity contribution in [2.75, 3.05) is 19.6 Å². The molecule has 3 unspecified atom stereocenters. The highest BCUT2D eigenvalue weighted by Crippen LogP contribution is 2.41. The molecule has 3 aromatic rings. The average Bonchev–Trinajstić information content (AvgIpc) is 3.90. The summed E-state index contributed by atoms with van der Waals surface area (Å²) in [5.74, 6) is -1.54. The van der Waals surface area contributed by atoms with Crippen LogP contribution in [0.1, 0.15) is 95.5 Å². The Morgan fingerprint density at radius 2 is 1.53 bits per heavy atom. The van der Waals surface area contributed by atoms with E-state index in [1.54, 1.807) is 9.80 Å². The summed E-state index contributed by atoms with van der Waals surface area (Å²) in [4.78, 5) is 76.9. The Morgan fingerprint density at radius 3 is 2.25 bits per heavy atom. The van der Waals surface area contributed by atoms with E-state index >= 15 is 0 Å².